The van der Waals surface area contributed by atoms with Crippen LogP contribution in [0.1, 0.15) is 6.92 Å². The predicted molar refractivity (Wildman–Crippen MR) is 74.0 cm³/mol. The number of anilines is 1. The second-order valence-electron chi connectivity index (χ2n) is 3.89. The van der Waals surface area contributed by atoms with E-state index in [4.69, 9.17) is 0 Å². The van der Waals surface area contributed by atoms with Crippen LogP contribution in [0.2, 0.25) is 0 Å². The molecule has 0 aromatic heterocycles. The fourth-order valence-electron chi connectivity index (χ4n) is 1.80. The molecule has 1 aromatic rings. The van der Waals surface area contributed by atoms with E-state index in [1.54, 1.807) is 24.3 Å². The van der Waals surface area contributed by atoms with Crippen LogP contribution in [0.4, 0.5) is 5.69 Å². The van der Waals surface area contributed by atoms with E-state index in [9.17, 15) is 13.8 Å². The summed E-state index contributed by atoms with van der Waals surface area (Å²) in [5.74, 6) is 0.111. The molecule has 0 saturated carbocycles. The van der Waals surface area contributed by atoms with Gasteiger partial charge in [-0.3, -0.25) is 13.8 Å². The zero-order valence-corrected chi connectivity index (χ0v) is 11.5. The van der Waals surface area contributed by atoms with Crippen molar-refractivity contribution in [1.82, 2.24) is 0 Å². The Morgan fingerprint density at radius 2 is 2.00 bits per heavy atom. The molecule has 96 valence electrons. The van der Waals surface area contributed by atoms with Gasteiger partial charge in [0, 0.05) is 17.2 Å². The third-order valence-corrected chi connectivity index (χ3v) is 6.84. The van der Waals surface area contributed by atoms with Crippen LogP contribution in [-0.4, -0.2) is 31.5 Å². The van der Waals surface area contributed by atoms with Crippen LogP contribution in [0.15, 0.2) is 30.3 Å². The van der Waals surface area contributed by atoms with E-state index in [0.717, 1.165) is 0 Å². The van der Waals surface area contributed by atoms with E-state index in [1.807, 2.05) is 6.07 Å². The fraction of sp³-hybridized carbons (Fsp3) is 0.333. The lowest BCUT2D eigenvalue weighted by molar-refractivity contribution is -0.124. The van der Waals surface area contributed by atoms with Gasteiger partial charge in [0.05, 0.1) is 10.8 Å². The summed E-state index contributed by atoms with van der Waals surface area (Å²) in [5, 5.41) is 2.66. The molecular weight excluding hydrogens is 270 g/mol. The van der Waals surface area contributed by atoms with Crippen LogP contribution in [-0.2, 0) is 20.4 Å². The third-order valence-electron chi connectivity index (χ3n) is 2.69. The minimum atomic E-state index is -1.45. The molecule has 0 spiro atoms. The first kappa shape index (κ1) is 13.3. The summed E-state index contributed by atoms with van der Waals surface area (Å²) >= 11 is 1.17. The van der Waals surface area contributed by atoms with Crippen molar-refractivity contribution in [3.8, 4) is 0 Å². The zero-order valence-electron chi connectivity index (χ0n) is 9.84. The molecule has 2 atom stereocenters. The summed E-state index contributed by atoms with van der Waals surface area (Å²) in [7, 11) is -1.45. The highest BCUT2D eigenvalue weighted by Gasteiger charge is 2.53. The van der Waals surface area contributed by atoms with E-state index >= 15 is 0 Å². The average molecular weight is 283 g/mol. The van der Waals surface area contributed by atoms with Gasteiger partial charge < -0.3 is 5.32 Å². The van der Waals surface area contributed by atoms with Crippen molar-refractivity contribution in [1.29, 1.82) is 0 Å². The molecule has 4 nitrogen and oxygen atoms in total. The summed E-state index contributed by atoms with van der Waals surface area (Å²) in [6.45, 7) is 1.32. The Labute approximate surface area is 112 Å². The number of amides is 1. The number of nitrogens with one attached hydrogen (secondary N) is 1. The average Bonchev–Trinajstić information content (AvgIpc) is 2.73. The molecule has 0 bridgehead atoms. The van der Waals surface area contributed by atoms with Crippen LogP contribution >= 0.6 is 11.8 Å². The van der Waals surface area contributed by atoms with Crippen molar-refractivity contribution in [3.05, 3.63) is 30.3 Å². The van der Waals surface area contributed by atoms with Crippen molar-refractivity contribution >= 4 is 39.9 Å². The van der Waals surface area contributed by atoms with Crippen LogP contribution < -0.4 is 5.32 Å². The van der Waals surface area contributed by atoms with Crippen molar-refractivity contribution in [2.45, 2.75) is 11.0 Å². The fourth-order valence-corrected chi connectivity index (χ4v) is 5.30. The minimum absolute atomic E-state index is 0.350. The van der Waals surface area contributed by atoms with Crippen molar-refractivity contribution in [2.75, 3.05) is 16.8 Å². The predicted octanol–water partition coefficient (Wildman–Crippen LogP) is 1.41. The van der Waals surface area contributed by atoms with E-state index < -0.39 is 20.8 Å². The number of hydrogen-bond donors (Lipinski definition) is 1. The second kappa shape index (κ2) is 5.24. The van der Waals surface area contributed by atoms with Gasteiger partial charge in [0.25, 0.3) is 5.91 Å². The molecule has 1 N–H and O–H groups in total. The summed E-state index contributed by atoms with van der Waals surface area (Å²) in [5.41, 5.74) is 0.604. The first-order valence-corrected chi connectivity index (χ1v) is 7.78. The Morgan fingerprint density at radius 1 is 1.33 bits per heavy atom. The van der Waals surface area contributed by atoms with Gasteiger partial charge in [-0.25, -0.2) is 0 Å². The normalized spacial score (nSPS) is 26.8. The van der Waals surface area contributed by atoms with Gasteiger partial charge >= 0.3 is 0 Å². The third kappa shape index (κ3) is 2.22. The number of Topliss-reactive ketones (excluding diaryl/α,β-unsaturated/α-hetero) is 1. The minimum Gasteiger partial charge on any atom is -0.324 e. The molecule has 6 heteroatoms. The number of thioether (sulfide) groups is 1. The van der Waals surface area contributed by atoms with Gasteiger partial charge in [0.2, 0.25) is 4.08 Å². The lowest BCUT2D eigenvalue weighted by Crippen LogP contribution is -2.47. The van der Waals surface area contributed by atoms with Crippen LogP contribution in [0, 0.1) is 0 Å². The molecule has 0 radical (unpaired) electrons. The first-order chi connectivity index (χ1) is 8.57. The van der Waals surface area contributed by atoms with Gasteiger partial charge in [-0.1, -0.05) is 18.2 Å². The Balaban J connectivity index is 2.26. The van der Waals surface area contributed by atoms with Crippen LogP contribution in [0.5, 0.6) is 0 Å². The highest BCUT2D eigenvalue weighted by molar-refractivity contribution is 8.17. The zero-order chi connectivity index (χ0) is 13.2. The van der Waals surface area contributed by atoms with Crippen molar-refractivity contribution < 1.29 is 13.8 Å². The standard InChI is InChI=1S/C12H13NO3S2/c1-9(14)12(17-7-8-18(12)16)11(15)13-10-5-3-2-4-6-10/h2-6H,7-8H2,1H3,(H,13,15)/t12-,18+/m0/s1. The molecule has 1 amide bonds. The smallest absolute Gasteiger partial charge is 0.261 e. The second-order valence-corrected chi connectivity index (χ2v) is 7.17. The molecule has 18 heavy (non-hydrogen) atoms. The molecule has 1 aliphatic rings. The van der Waals surface area contributed by atoms with Gasteiger partial charge in [0.15, 0.2) is 5.78 Å². The molecular formula is C12H13NO3S2. The molecule has 1 saturated heterocycles. The summed E-state index contributed by atoms with van der Waals surface area (Å²) in [6.07, 6.45) is 0. The van der Waals surface area contributed by atoms with Crippen molar-refractivity contribution in [2.24, 2.45) is 0 Å². The van der Waals surface area contributed by atoms with Crippen molar-refractivity contribution in [3.63, 3.8) is 0 Å². The lowest BCUT2D eigenvalue weighted by atomic mass is 10.2. The lowest BCUT2D eigenvalue weighted by Gasteiger charge is -2.22. The highest BCUT2D eigenvalue weighted by Crippen LogP contribution is 2.37. The quantitative estimate of drug-likeness (QED) is 0.852. The number of ketones is 1. The Hall–Kier alpha value is -1.14. The van der Waals surface area contributed by atoms with E-state index in [1.165, 1.54) is 18.7 Å². The highest BCUT2D eigenvalue weighted by atomic mass is 32.2. The number of rotatable bonds is 3. The molecule has 2 rings (SSSR count). The van der Waals surface area contributed by atoms with E-state index in [0.29, 0.717) is 17.2 Å². The number of carbonyl (C=O) groups is 2. The van der Waals surface area contributed by atoms with Gasteiger partial charge in [0.1, 0.15) is 0 Å². The Bertz CT molecular complexity index is 503. The molecule has 0 unspecified atom stereocenters. The van der Waals surface area contributed by atoms with Gasteiger partial charge in [-0.05, 0) is 19.1 Å². The first-order valence-electron chi connectivity index (χ1n) is 5.47. The van der Waals surface area contributed by atoms with E-state index in [2.05, 4.69) is 5.32 Å². The van der Waals surface area contributed by atoms with Crippen LogP contribution in [0.3, 0.4) is 0 Å². The van der Waals surface area contributed by atoms with Crippen LogP contribution in [0.25, 0.3) is 0 Å². The maximum Gasteiger partial charge on any atom is 0.261 e. The van der Waals surface area contributed by atoms with E-state index in [-0.39, 0.29) is 5.78 Å². The summed E-state index contributed by atoms with van der Waals surface area (Å²) in [4.78, 5) is 24.0. The van der Waals surface area contributed by atoms with Gasteiger partial charge in [-0.15, -0.1) is 11.8 Å². The molecule has 1 heterocycles. The maximum absolute atomic E-state index is 12.2. The largest absolute Gasteiger partial charge is 0.324 e. The summed E-state index contributed by atoms with van der Waals surface area (Å²) < 4.78 is 10.5. The maximum atomic E-state index is 12.2. The molecule has 1 fully saturated rings. The molecule has 0 aliphatic carbocycles. The number of carbonyl (C=O) groups excluding carboxylic acids is 2. The van der Waals surface area contributed by atoms with Gasteiger partial charge in [-0.2, -0.15) is 0 Å². The SMILES string of the molecule is CC(=O)[C@]1(C(=O)Nc2ccccc2)SCC[S@]1=O. The Morgan fingerprint density at radius 3 is 2.50 bits per heavy atom. The monoisotopic (exact) mass is 283 g/mol. The molecule has 1 aromatic carbocycles. The molecule has 1 aliphatic heterocycles. The number of hydrogen-bond acceptors (Lipinski definition) is 4. The topological polar surface area (TPSA) is 63.2 Å². The number of benzene rings is 1. The Kier molecular flexibility index (Phi) is 3.87. The number of para-hydroxylation sites is 1. The summed E-state index contributed by atoms with van der Waals surface area (Å²) in [6, 6.07) is 8.87.